The number of sulfone groups is 1. The zero-order valence-corrected chi connectivity index (χ0v) is 21.8. The number of likely N-dealkylation sites (N-methyl/N-ethyl adjacent to an activating group) is 1. The molecule has 3 aromatic carbocycles. The summed E-state index contributed by atoms with van der Waals surface area (Å²) < 4.78 is 42.2. The first-order valence-corrected chi connectivity index (χ1v) is 13.8. The molecule has 4 rings (SSSR count). The average Bonchev–Trinajstić information content (AvgIpc) is 3.31. The van der Waals surface area contributed by atoms with E-state index in [0.717, 1.165) is 12.0 Å². The SMILES string of the molecule is CNC(C)Cc1ccc(OCOCCS(=O)(=O)c2cccc(C3=C(c4ccccc4)C(=O)OC3)c2)cc1. The summed E-state index contributed by atoms with van der Waals surface area (Å²) in [6.45, 7) is 2.16. The Hall–Kier alpha value is -3.46. The van der Waals surface area contributed by atoms with E-state index in [0.29, 0.717) is 28.5 Å². The smallest absolute Gasteiger partial charge is 0.339 e. The highest BCUT2D eigenvalue weighted by atomic mass is 32.2. The summed E-state index contributed by atoms with van der Waals surface area (Å²) in [7, 11) is -1.67. The van der Waals surface area contributed by atoms with Crippen LogP contribution >= 0.6 is 0 Å². The molecule has 1 aliphatic rings. The van der Waals surface area contributed by atoms with Crippen LogP contribution < -0.4 is 10.1 Å². The second kappa shape index (κ2) is 12.2. The summed E-state index contributed by atoms with van der Waals surface area (Å²) in [5, 5.41) is 3.21. The normalized spacial score (nSPS) is 14.5. The molecule has 0 spiro atoms. The predicted molar refractivity (Wildman–Crippen MR) is 143 cm³/mol. The van der Waals surface area contributed by atoms with Crippen LogP contribution in [0.2, 0.25) is 0 Å². The van der Waals surface area contributed by atoms with Crippen molar-refractivity contribution < 1.29 is 27.4 Å². The molecule has 7 nitrogen and oxygen atoms in total. The maximum absolute atomic E-state index is 13.0. The van der Waals surface area contributed by atoms with Gasteiger partial charge >= 0.3 is 5.97 Å². The summed E-state index contributed by atoms with van der Waals surface area (Å²) in [5.74, 6) is 0.0537. The van der Waals surface area contributed by atoms with Gasteiger partial charge < -0.3 is 19.5 Å². The van der Waals surface area contributed by atoms with Crippen LogP contribution in [0.5, 0.6) is 5.75 Å². The molecule has 1 aliphatic heterocycles. The van der Waals surface area contributed by atoms with Crippen molar-refractivity contribution in [2.24, 2.45) is 0 Å². The van der Waals surface area contributed by atoms with Gasteiger partial charge in [-0.05, 0) is 61.3 Å². The first-order valence-electron chi connectivity index (χ1n) is 12.1. The number of esters is 1. The molecule has 3 aromatic rings. The Morgan fingerprint density at radius 1 is 0.973 bits per heavy atom. The van der Waals surface area contributed by atoms with Gasteiger partial charge in [-0.3, -0.25) is 0 Å². The van der Waals surface area contributed by atoms with Gasteiger partial charge in [0.25, 0.3) is 0 Å². The molecule has 0 fully saturated rings. The maximum atomic E-state index is 13.0. The van der Waals surface area contributed by atoms with Crippen molar-refractivity contribution in [3.8, 4) is 5.75 Å². The molecule has 0 aromatic heterocycles. The minimum Gasteiger partial charge on any atom is -0.468 e. The van der Waals surface area contributed by atoms with Crippen LogP contribution in [0.4, 0.5) is 0 Å². The van der Waals surface area contributed by atoms with E-state index in [4.69, 9.17) is 14.2 Å². The second-order valence-corrected chi connectivity index (χ2v) is 11.0. The fourth-order valence-corrected chi connectivity index (χ4v) is 5.20. The lowest BCUT2D eigenvalue weighted by Gasteiger charge is -2.11. The second-order valence-electron chi connectivity index (χ2n) is 8.85. The van der Waals surface area contributed by atoms with E-state index in [1.807, 2.05) is 61.6 Å². The molecular weight excluding hydrogens is 490 g/mol. The third-order valence-corrected chi connectivity index (χ3v) is 7.90. The number of nitrogens with one attached hydrogen (secondary N) is 1. The highest BCUT2D eigenvalue weighted by molar-refractivity contribution is 7.91. The van der Waals surface area contributed by atoms with Crippen LogP contribution in [0, 0.1) is 0 Å². The molecule has 0 aliphatic carbocycles. The quantitative estimate of drug-likeness (QED) is 0.218. The fraction of sp³-hybridized carbons (Fsp3) is 0.276. The first-order chi connectivity index (χ1) is 17.9. The van der Waals surface area contributed by atoms with Crippen LogP contribution in [-0.4, -0.2) is 53.2 Å². The van der Waals surface area contributed by atoms with Gasteiger partial charge in [-0.25, -0.2) is 13.2 Å². The Bertz CT molecular complexity index is 1350. The molecule has 1 unspecified atom stereocenters. The third-order valence-electron chi connectivity index (χ3n) is 6.22. The van der Waals surface area contributed by atoms with E-state index in [9.17, 15) is 13.2 Å². The molecule has 1 atom stereocenters. The van der Waals surface area contributed by atoms with Gasteiger partial charge in [0.1, 0.15) is 12.4 Å². The fourth-order valence-electron chi connectivity index (χ4n) is 4.04. The maximum Gasteiger partial charge on any atom is 0.339 e. The molecule has 0 radical (unpaired) electrons. The summed E-state index contributed by atoms with van der Waals surface area (Å²) in [6, 6.07) is 24.0. The molecule has 1 N–H and O–H groups in total. The lowest BCUT2D eigenvalue weighted by atomic mass is 9.97. The Labute approximate surface area is 218 Å². The monoisotopic (exact) mass is 521 g/mol. The summed E-state index contributed by atoms with van der Waals surface area (Å²) in [6.07, 6.45) is 0.917. The van der Waals surface area contributed by atoms with E-state index in [1.165, 1.54) is 5.56 Å². The summed E-state index contributed by atoms with van der Waals surface area (Å²) >= 11 is 0. The third kappa shape index (κ3) is 6.85. The Morgan fingerprint density at radius 2 is 1.70 bits per heavy atom. The van der Waals surface area contributed by atoms with Gasteiger partial charge in [-0.2, -0.15) is 0 Å². The molecule has 8 heteroatoms. The van der Waals surface area contributed by atoms with E-state index in [1.54, 1.807) is 24.3 Å². The van der Waals surface area contributed by atoms with Crippen molar-refractivity contribution in [1.29, 1.82) is 0 Å². The van der Waals surface area contributed by atoms with E-state index < -0.39 is 15.8 Å². The van der Waals surface area contributed by atoms with E-state index >= 15 is 0 Å². The Balaban J connectivity index is 1.35. The molecule has 37 heavy (non-hydrogen) atoms. The van der Waals surface area contributed by atoms with Crippen LogP contribution in [-0.2, 0) is 30.5 Å². The number of cyclic esters (lactones) is 1. The molecule has 194 valence electrons. The number of ether oxygens (including phenoxy) is 3. The topological polar surface area (TPSA) is 90.9 Å². The van der Waals surface area contributed by atoms with Gasteiger partial charge in [0.15, 0.2) is 16.6 Å². The predicted octanol–water partition coefficient (Wildman–Crippen LogP) is 4.13. The largest absolute Gasteiger partial charge is 0.468 e. The zero-order chi connectivity index (χ0) is 26.3. The number of hydrogen-bond acceptors (Lipinski definition) is 7. The number of rotatable bonds is 12. The van der Waals surface area contributed by atoms with E-state index in [-0.39, 0.29) is 30.7 Å². The molecule has 1 heterocycles. The lowest BCUT2D eigenvalue weighted by molar-refractivity contribution is -0.133. The van der Waals surface area contributed by atoms with Gasteiger partial charge in [0.05, 0.1) is 22.8 Å². The molecule has 0 amide bonds. The number of hydrogen-bond donors (Lipinski definition) is 1. The molecule has 0 saturated heterocycles. The van der Waals surface area contributed by atoms with Crippen molar-refractivity contribution in [3.63, 3.8) is 0 Å². The van der Waals surface area contributed by atoms with Crippen LogP contribution in [0.3, 0.4) is 0 Å². The minimum absolute atomic E-state index is 0.0100. The van der Waals surface area contributed by atoms with Gasteiger partial charge in [-0.15, -0.1) is 0 Å². The van der Waals surface area contributed by atoms with Crippen molar-refractivity contribution in [1.82, 2.24) is 5.32 Å². The Kier molecular flexibility index (Phi) is 8.76. The molecule has 0 bridgehead atoms. The van der Waals surface area contributed by atoms with Gasteiger partial charge in [-0.1, -0.05) is 54.6 Å². The summed E-state index contributed by atoms with van der Waals surface area (Å²) in [4.78, 5) is 12.6. The lowest BCUT2D eigenvalue weighted by Crippen LogP contribution is -2.23. The Morgan fingerprint density at radius 3 is 2.43 bits per heavy atom. The number of benzene rings is 3. The van der Waals surface area contributed by atoms with Crippen LogP contribution in [0.1, 0.15) is 23.6 Å². The van der Waals surface area contributed by atoms with Gasteiger partial charge in [0.2, 0.25) is 0 Å². The van der Waals surface area contributed by atoms with Crippen molar-refractivity contribution in [2.75, 3.05) is 32.8 Å². The minimum atomic E-state index is -3.61. The first kappa shape index (κ1) is 26.6. The number of carbonyl (C=O) groups excluding carboxylic acids is 1. The van der Waals surface area contributed by atoms with Crippen LogP contribution in [0.25, 0.3) is 11.1 Å². The highest BCUT2D eigenvalue weighted by Crippen LogP contribution is 2.33. The van der Waals surface area contributed by atoms with Crippen LogP contribution in [0.15, 0.2) is 83.8 Å². The van der Waals surface area contributed by atoms with Crippen molar-refractivity contribution >= 4 is 27.0 Å². The average molecular weight is 522 g/mol. The zero-order valence-electron chi connectivity index (χ0n) is 21.0. The van der Waals surface area contributed by atoms with Gasteiger partial charge in [0, 0.05) is 11.6 Å². The van der Waals surface area contributed by atoms with E-state index in [2.05, 4.69) is 12.2 Å². The highest BCUT2D eigenvalue weighted by Gasteiger charge is 2.28. The summed E-state index contributed by atoms with van der Waals surface area (Å²) in [5.41, 5.74) is 3.71. The standard InChI is InChI=1S/C29H31NO6S/c1-21(30-2)17-22-11-13-25(14-12-22)36-20-34-15-16-37(32,33)26-10-6-9-24(18-26)27-19-35-29(31)28(27)23-7-4-3-5-8-23/h3-14,18,21,30H,15-17,19-20H2,1-2H3. The van der Waals surface area contributed by atoms with Crippen molar-refractivity contribution in [2.45, 2.75) is 24.3 Å². The number of carbonyl (C=O) groups is 1. The molecular formula is C29H31NO6S. The molecule has 0 saturated carbocycles. The van der Waals surface area contributed by atoms with Crippen molar-refractivity contribution in [3.05, 3.63) is 95.6 Å².